The van der Waals surface area contributed by atoms with Crippen molar-refractivity contribution in [3.63, 3.8) is 0 Å². The standard InChI is InChI=1S/C15H28O2/c1-10(2)9-16-14(6)17-15-12(4)8-7-11(3)13(15)5/h8,10-11,13-15H,7,9H2,1-6H3. The number of ether oxygens (including phenoxy) is 2. The van der Waals surface area contributed by atoms with Gasteiger partial charge in [0, 0.05) is 0 Å². The van der Waals surface area contributed by atoms with Crippen molar-refractivity contribution in [2.75, 3.05) is 6.61 Å². The van der Waals surface area contributed by atoms with Gasteiger partial charge < -0.3 is 9.47 Å². The summed E-state index contributed by atoms with van der Waals surface area (Å²) < 4.78 is 11.7. The third kappa shape index (κ3) is 4.44. The van der Waals surface area contributed by atoms with Gasteiger partial charge in [-0.2, -0.15) is 0 Å². The van der Waals surface area contributed by atoms with Crippen molar-refractivity contribution in [1.82, 2.24) is 0 Å². The molecule has 100 valence electrons. The zero-order valence-corrected chi connectivity index (χ0v) is 12.2. The largest absolute Gasteiger partial charge is 0.353 e. The molecule has 0 saturated heterocycles. The molecule has 1 aliphatic carbocycles. The highest BCUT2D eigenvalue weighted by molar-refractivity contribution is 5.11. The number of hydrogen-bond donors (Lipinski definition) is 0. The Labute approximate surface area is 106 Å². The van der Waals surface area contributed by atoms with E-state index in [1.54, 1.807) is 0 Å². The molecule has 0 amide bonds. The molecule has 0 saturated carbocycles. The minimum absolute atomic E-state index is 0.113. The van der Waals surface area contributed by atoms with Crippen molar-refractivity contribution in [3.8, 4) is 0 Å². The molecule has 0 spiro atoms. The molecule has 0 radical (unpaired) electrons. The first-order valence-corrected chi connectivity index (χ1v) is 6.85. The Morgan fingerprint density at radius 1 is 1.29 bits per heavy atom. The van der Waals surface area contributed by atoms with E-state index in [0.717, 1.165) is 6.61 Å². The van der Waals surface area contributed by atoms with Gasteiger partial charge in [0.15, 0.2) is 6.29 Å². The normalized spacial score (nSPS) is 31.5. The lowest BCUT2D eigenvalue weighted by atomic mass is 9.80. The van der Waals surface area contributed by atoms with E-state index in [4.69, 9.17) is 9.47 Å². The molecule has 2 nitrogen and oxygen atoms in total. The van der Waals surface area contributed by atoms with Gasteiger partial charge in [-0.3, -0.25) is 0 Å². The van der Waals surface area contributed by atoms with Crippen LogP contribution in [0.5, 0.6) is 0 Å². The second-order valence-corrected chi connectivity index (χ2v) is 5.87. The van der Waals surface area contributed by atoms with Gasteiger partial charge >= 0.3 is 0 Å². The second kappa shape index (κ2) is 6.55. The van der Waals surface area contributed by atoms with Crippen LogP contribution in [0.25, 0.3) is 0 Å². The highest BCUT2D eigenvalue weighted by Crippen LogP contribution is 2.32. The monoisotopic (exact) mass is 240 g/mol. The minimum Gasteiger partial charge on any atom is -0.353 e. The van der Waals surface area contributed by atoms with Gasteiger partial charge in [-0.1, -0.05) is 33.8 Å². The first kappa shape index (κ1) is 14.7. The van der Waals surface area contributed by atoms with Gasteiger partial charge in [0.05, 0.1) is 12.7 Å². The van der Waals surface area contributed by atoms with Crippen LogP contribution in [0.15, 0.2) is 11.6 Å². The summed E-state index contributed by atoms with van der Waals surface area (Å²) in [5.74, 6) is 1.83. The Bertz CT molecular complexity index is 258. The number of allylic oxidation sites excluding steroid dienone is 1. The van der Waals surface area contributed by atoms with Crippen LogP contribution in [0.4, 0.5) is 0 Å². The van der Waals surface area contributed by atoms with E-state index in [0.29, 0.717) is 17.8 Å². The fraction of sp³-hybridized carbons (Fsp3) is 0.867. The third-order valence-electron chi connectivity index (χ3n) is 3.64. The minimum atomic E-state index is -0.113. The van der Waals surface area contributed by atoms with Crippen molar-refractivity contribution >= 4 is 0 Å². The molecule has 0 heterocycles. The SMILES string of the molecule is CC1=CCC(C)C(C)C1OC(C)OCC(C)C. The van der Waals surface area contributed by atoms with Crippen LogP contribution in [0.3, 0.4) is 0 Å². The highest BCUT2D eigenvalue weighted by Gasteiger charge is 2.29. The van der Waals surface area contributed by atoms with E-state index in [1.165, 1.54) is 12.0 Å². The summed E-state index contributed by atoms with van der Waals surface area (Å²) in [7, 11) is 0. The smallest absolute Gasteiger partial charge is 0.155 e. The predicted molar refractivity (Wildman–Crippen MR) is 71.8 cm³/mol. The summed E-state index contributed by atoms with van der Waals surface area (Å²) in [5.41, 5.74) is 1.36. The van der Waals surface area contributed by atoms with Crippen LogP contribution >= 0.6 is 0 Å². The highest BCUT2D eigenvalue weighted by atomic mass is 16.7. The molecule has 2 heteroatoms. The molecule has 0 aromatic carbocycles. The Balaban J connectivity index is 2.48. The van der Waals surface area contributed by atoms with Gasteiger partial charge in [-0.05, 0) is 43.6 Å². The molecular formula is C15H28O2. The van der Waals surface area contributed by atoms with Crippen molar-refractivity contribution in [3.05, 3.63) is 11.6 Å². The molecule has 0 aromatic rings. The molecule has 17 heavy (non-hydrogen) atoms. The van der Waals surface area contributed by atoms with E-state index >= 15 is 0 Å². The molecule has 1 rings (SSSR count). The van der Waals surface area contributed by atoms with E-state index in [9.17, 15) is 0 Å². The Hall–Kier alpha value is -0.340. The van der Waals surface area contributed by atoms with E-state index in [2.05, 4.69) is 40.7 Å². The first-order valence-electron chi connectivity index (χ1n) is 6.85. The lowest BCUT2D eigenvalue weighted by Gasteiger charge is -2.35. The van der Waals surface area contributed by atoms with E-state index < -0.39 is 0 Å². The summed E-state index contributed by atoms with van der Waals surface area (Å²) in [6, 6.07) is 0. The first-order chi connectivity index (χ1) is 7.91. The van der Waals surface area contributed by atoms with Crippen LogP contribution in [0.1, 0.15) is 48.0 Å². The van der Waals surface area contributed by atoms with Gasteiger partial charge in [0.1, 0.15) is 0 Å². The molecule has 0 aromatic heterocycles. The zero-order chi connectivity index (χ0) is 13.0. The average molecular weight is 240 g/mol. The van der Waals surface area contributed by atoms with Crippen LogP contribution in [-0.4, -0.2) is 19.0 Å². The third-order valence-corrected chi connectivity index (χ3v) is 3.64. The van der Waals surface area contributed by atoms with Gasteiger partial charge in [-0.25, -0.2) is 0 Å². The van der Waals surface area contributed by atoms with Crippen molar-refractivity contribution in [2.24, 2.45) is 17.8 Å². The molecule has 4 unspecified atom stereocenters. The molecule has 0 aliphatic heterocycles. The van der Waals surface area contributed by atoms with Crippen molar-refractivity contribution in [1.29, 1.82) is 0 Å². The molecule has 0 fully saturated rings. The molecular weight excluding hydrogens is 212 g/mol. The maximum absolute atomic E-state index is 6.05. The van der Waals surface area contributed by atoms with Gasteiger partial charge in [0.2, 0.25) is 0 Å². The van der Waals surface area contributed by atoms with Crippen LogP contribution < -0.4 is 0 Å². The number of rotatable bonds is 5. The maximum Gasteiger partial charge on any atom is 0.155 e. The van der Waals surface area contributed by atoms with E-state index in [-0.39, 0.29) is 12.4 Å². The Morgan fingerprint density at radius 2 is 1.94 bits per heavy atom. The Morgan fingerprint density at radius 3 is 2.53 bits per heavy atom. The van der Waals surface area contributed by atoms with Crippen molar-refractivity contribution in [2.45, 2.75) is 60.4 Å². The summed E-state index contributed by atoms with van der Waals surface area (Å²) in [4.78, 5) is 0. The lowest BCUT2D eigenvalue weighted by molar-refractivity contribution is -0.170. The summed E-state index contributed by atoms with van der Waals surface area (Å²) in [6.07, 6.45) is 3.60. The quantitative estimate of drug-likeness (QED) is 0.534. The maximum atomic E-state index is 6.05. The molecule has 1 aliphatic rings. The molecule has 0 N–H and O–H groups in total. The van der Waals surface area contributed by atoms with Crippen LogP contribution in [-0.2, 0) is 9.47 Å². The summed E-state index contributed by atoms with van der Waals surface area (Å²) in [6.45, 7) is 13.8. The number of hydrogen-bond acceptors (Lipinski definition) is 2. The average Bonchev–Trinajstić information content (AvgIpc) is 2.27. The van der Waals surface area contributed by atoms with Gasteiger partial charge in [0.25, 0.3) is 0 Å². The van der Waals surface area contributed by atoms with Gasteiger partial charge in [-0.15, -0.1) is 0 Å². The van der Waals surface area contributed by atoms with Crippen LogP contribution in [0.2, 0.25) is 0 Å². The Kier molecular flexibility index (Phi) is 5.68. The van der Waals surface area contributed by atoms with Crippen LogP contribution in [0, 0.1) is 17.8 Å². The fourth-order valence-corrected chi connectivity index (χ4v) is 2.22. The molecule has 4 atom stereocenters. The fourth-order valence-electron chi connectivity index (χ4n) is 2.22. The zero-order valence-electron chi connectivity index (χ0n) is 12.2. The molecule has 0 bridgehead atoms. The topological polar surface area (TPSA) is 18.5 Å². The van der Waals surface area contributed by atoms with Crippen molar-refractivity contribution < 1.29 is 9.47 Å². The van der Waals surface area contributed by atoms with E-state index in [1.807, 2.05) is 6.92 Å². The second-order valence-electron chi connectivity index (χ2n) is 5.87. The summed E-state index contributed by atoms with van der Waals surface area (Å²) in [5, 5.41) is 0. The predicted octanol–water partition coefficient (Wildman–Crippen LogP) is 4.01. The summed E-state index contributed by atoms with van der Waals surface area (Å²) >= 11 is 0. The lowest BCUT2D eigenvalue weighted by Crippen LogP contribution is -2.34.